The Hall–Kier alpha value is -2.73. The standard InChI is InChI=1S/C22H27N3O3/c1-6-15-10-17(11-16(9-14(4)26)20(15)27-5)21-24-22(28-25-21)18-8-13(3)23-19(7-2)12-18/h8,10-12,14,26H,6-7,9H2,1-5H3/t14-/m1/s1. The number of hydrogen-bond acceptors (Lipinski definition) is 6. The summed E-state index contributed by atoms with van der Waals surface area (Å²) in [6, 6.07) is 7.92. The number of aliphatic hydroxyl groups is 1. The van der Waals surface area contributed by atoms with E-state index < -0.39 is 6.10 Å². The fraction of sp³-hybridized carbons (Fsp3) is 0.409. The predicted molar refractivity (Wildman–Crippen MR) is 108 cm³/mol. The normalized spacial score (nSPS) is 12.2. The molecule has 2 aromatic heterocycles. The van der Waals surface area contributed by atoms with Crippen molar-refractivity contribution in [1.29, 1.82) is 0 Å². The number of methoxy groups -OCH3 is 1. The van der Waals surface area contributed by atoms with Gasteiger partial charge in [-0.05, 0) is 62.1 Å². The minimum Gasteiger partial charge on any atom is -0.496 e. The third-order valence-corrected chi connectivity index (χ3v) is 4.64. The quantitative estimate of drug-likeness (QED) is 0.662. The maximum Gasteiger partial charge on any atom is 0.258 e. The molecule has 6 nitrogen and oxygen atoms in total. The van der Waals surface area contributed by atoms with Crippen molar-refractivity contribution in [2.45, 2.75) is 53.1 Å². The van der Waals surface area contributed by atoms with Gasteiger partial charge in [-0.15, -0.1) is 0 Å². The van der Waals surface area contributed by atoms with Crippen LogP contribution < -0.4 is 4.74 Å². The first-order chi connectivity index (χ1) is 13.4. The lowest BCUT2D eigenvalue weighted by atomic mass is 9.98. The van der Waals surface area contributed by atoms with Crippen LogP contribution in [-0.2, 0) is 19.3 Å². The summed E-state index contributed by atoms with van der Waals surface area (Å²) in [6.45, 7) is 7.86. The Balaban J connectivity index is 2.04. The molecule has 0 aliphatic carbocycles. The zero-order chi connectivity index (χ0) is 20.3. The molecule has 2 heterocycles. The summed E-state index contributed by atoms with van der Waals surface area (Å²) in [6.07, 6.45) is 1.68. The highest BCUT2D eigenvalue weighted by Gasteiger charge is 2.17. The Morgan fingerprint density at radius 2 is 1.79 bits per heavy atom. The Morgan fingerprint density at radius 3 is 2.43 bits per heavy atom. The van der Waals surface area contributed by atoms with Crippen LogP contribution in [0.4, 0.5) is 0 Å². The van der Waals surface area contributed by atoms with E-state index in [1.807, 2.05) is 31.2 Å². The summed E-state index contributed by atoms with van der Waals surface area (Å²) < 4.78 is 11.1. The van der Waals surface area contributed by atoms with Gasteiger partial charge in [-0.3, -0.25) is 4.98 Å². The van der Waals surface area contributed by atoms with E-state index in [0.29, 0.717) is 18.1 Å². The molecular formula is C22H27N3O3. The van der Waals surface area contributed by atoms with Crippen molar-refractivity contribution in [3.63, 3.8) is 0 Å². The summed E-state index contributed by atoms with van der Waals surface area (Å²) >= 11 is 0. The maximum atomic E-state index is 9.87. The predicted octanol–water partition coefficient (Wildman–Crippen LogP) is 4.16. The van der Waals surface area contributed by atoms with Crippen molar-refractivity contribution >= 4 is 0 Å². The number of aryl methyl sites for hydroxylation is 3. The van der Waals surface area contributed by atoms with Gasteiger partial charge in [0.05, 0.1) is 13.2 Å². The van der Waals surface area contributed by atoms with Gasteiger partial charge in [0, 0.05) is 28.9 Å². The van der Waals surface area contributed by atoms with Crippen LogP contribution in [0, 0.1) is 6.92 Å². The molecular weight excluding hydrogens is 354 g/mol. The number of nitrogens with zero attached hydrogens (tertiary/aromatic N) is 3. The minimum absolute atomic E-state index is 0.470. The highest BCUT2D eigenvalue weighted by Crippen LogP contribution is 2.32. The van der Waals surface area contributed by atoms with Gasteiger partial charge in [0.25, 0.3) is 5.89 Å². The lowest BCUT2D eigenvalue weighted by Crippen LogP contribution is -2.07. The van der Waals surface area contributed by atoms with Crippen molar-refractivity contribution in [3.8, 4) is 28.6 Å². The lowest BCUT2D eigenvalue weighted by molar-refractivity contribution is 0.194. The van der Waals surface area contributed by atoms with Gasteiger partial charge >= 0.3 is 0 Å². The third kappa shape index (κ3) is 4.22. The molecule has 3 rings (SSSR count). The van der Waals surface area contributed by atoms with Gasteiger partial charge in [-0.25, -0.2) is 0 Å². The number of aliphatic hydroxyl groups excluding tert-OH is 1. The van der Waals surface area contributed by atoms with Gasteiger partial charge in [-0.2, -0.15) is 4.98 Å². The second kappa shape index (κ2) is 8.52. The molecule has 28 heavy (non-hydrogen) atoms. The van der Waals surface area contributed by atoms with Gasteiger partial charge in [0.15, 0.2) is 0 Å². The first kappa shape index (κ1) is 20.0. The largest absolute Gasteiger partial charge is 0.496 e. The SMILES string of the molecule is CCc1cc(-c2nc(-c3cc(CC)c(OC)c(C[C@@H](C)O)c3)no2)cc(C)n1. The molecule has 0 saturated heterocycles. The number of ether oxygens (including phenoxy) is 1. The smallest absolute Gasteiger partial charge is 0.258 e. The van der Waals surface area contributed by atoms with Crippen LogP contribution in [0.3, 0.4) is 0 Å². The van der Waals surface area contributed by atoms with Gasteiger partial charge < -0.3 is 14.4 Å². The molecule has 148 valence electrons. The van der Waals surface area contributed by atoms with Crippen LogP contribution in [0.15, 0.2) is 28.8 Å². The van der Waals surface area contributed by atoms with Gasteiger partial charge in [-0.1, -0.05) is 19.0 Å². The number of aromatic nitrogens is 3. The molecule has 0 aliphatic rings. The van der Waals surface area contributed by atoms with Crippen molar-refractivity contribution in [2.24, 2.45) is 0 Å². The summed E-state index contributed by atoms with van der Waals surface area (Å²) in [5.74, 6) is 1.81. The average molecular weight is 381 g/mol. The average Bonchev–Trinajstić information content (AvgIpc) is 3.16. The zero-order valence-corrected chi connectivity index (χ0v) is 17.1. The van der Waals surface area contributed by atoms with Crippen LogP contribution in [0.5, 0.6) is 5.75 Å². The fourth-order valence-corrected chi connectivity index (χ4v) is 3.38. The van der Waals surface area contributed by atoms with E-state index in [1.165, 1.54) is 0 Å². The van der Waals surface area contributed by atoms with Crippen LogP contribution >= 0.6 is 0 Å². The molecule has 1 atom stereocenters. The summed E-state index contributed by atoms with van der Waals surface area (Å²) in [5.41, 5.74) is 5.63. The Bertz CT molecular complexity index is 964. The molecule has 0 amide bonds. The number of benzene rings is 1. The van der Waals surface area contributed by atoms with Gasteiger partial charge in [0.1, 0.15) is 5.75 Å². The van der Waals surface area contributed by atoms with Crippen LogP contribution in [0.25, 0.3) is 22.8 Å². The second-order valence-corrected chi connectivity index (χ2v) is 7.00. The first-order valence-corrected chi connectivity index (χ1v) is 9.65. The molecule has 6 heteroatoms. The topological polar surface area (TPSA) is 81.3 Å². The van der Waals surface area contributed by atoms with Gasteiger partial charge in [0.2, 0.25) is 5.82 Å². The third-order valence-electron chi connectivity index (χ3n) is 4.64. The number of pyridine rings is 1. The number of hydrogen-bond donors (Lipinski definition) is 1. The van der Waals surface area contributed by atoms with Crippen LogP contribution in [0.1, 0.15) is 43.3 Å². The number of rotatable bonds is 7. The molecule has 1 N–H and O–H groups in total. The molecule has 0 aliphatic heterocycles. The van der Waals surface area contributed by atoms with E-state index >= 15 is 0 Å². The highest BCUT2D eigenvalue weighted by atomic mass is 16.5. The molecule has 0 fully saturated rings. The second-order valence-electron chi connectivity index (χ2n) is 7.00. The molecule has 0 bridgehead atoms. The fourth-order valence-electron chi connectivity index (χ4n) is 3.38. The first-order valence-electron chi connectivity index (χ1n) is 9.65. The van der Waals surface area contributed by atoms with Crippen molar-refractivity contribution in [2.75, 3.05) is 7.11 Å². The van der Waals surface area contributed by atoms with Crippen LogP contribution in [-0.4, -0.2) is 33.4 Å². The minimum atomic E-state index is -0.470. The molecule has 1 aromatic carbocycles. The van der Waals surface area contributed by atoms with Crippen molar-refractivity contribution in [3.05, 3.63) is 46.8 Å². The van der Waals surface area contributed by atoms with Crippen LogP contribution in [0.2, 0.25) is 0 Å². The Kier molecular flexibility index (Phi) is 6.09. The highest BCUT2D eigenvalue weighted by molar-refractivity contribution is 5.64. The van der Waals surface area contributed by atoms with E-state index in [9.17, 15) is 5.11 Å². The van der Waals surface area contributed by atoms with Crippen molar-refractivity contribution < 1.29 is 14.4 Å². The molecule has 3 aromatic rings. The molecule has 0 unspecified atom stereocenters. The van der Waals surface area contributed by atoms with E-state index in [0.717, 1.165) is 52.2 Å². The molecule has 0 saturated carbocycles. The molecule has 0 radical (unpaired) electrons. The lowest BCUT2D eigenvalue weighted by Gasteiger charge is -2.15. The summed E-state index contributed by atoms with van der Waals surface area (Å²) in [4.78, 5) is 9.11. The maximum absolute atomic E-state index is 9.87. The van der Waals surface area contributed by atoms with E-state index in [4.69, 9.17) is 9.26 Å². The summed E-state index contributed by atoms with van der Waals surface area (Å²) in [5, 5.41) is 14.1. The summed E-state index contributed by atoms with van der Waals surface area (Å²) in [7, 11) is 1.66. The molecule has 0 spiro atoms. The van der Waals surface area contributed by atoms with Crippen molar-refractivity contribution in [1.82, 2.24) is 15.1 Å². The zero-order valence-electron chi connectivity index (χ0n) is 17.1. The van der Waals surface area contributed by atoms with E-state index in [1.54, 1.807) is 14.0 Å². The van der Waals surface area contributed by atoms with E-state index in [2.05, 4.69) is 29.0 Å². The Morgan fingerprint density at radius 1 is 1.04 bits per heavy atom. The van der Waals surface area contributed by atoms with E-state index in [-0.39, 0.29) is 0 Å². The Labute approximate surface area is 165 Å². The monoisotopic (exact) mass is 381 g/mol.